The van der Waals surface area contributed by atoms with Gasteiger partial charge in [-0.05, 0) is 24.8 Å². The molecule has 2 fully saturated rings. The molecule has 114 valence electrons. The van der Waals surface area contributed by atoms with Gasteiger partial charge >= 0.3 is 6.09 Å². The summed E-state index contributed by atoms with van der Waals surface area (Å²) in [5.41, 5.74) is 0.902. The lowest BCUT2D eigenvalue weighted by molar-refractivity contribution is 0.0910. The molecule has 2 saturated heterocycles. The van der Waals surface area contributed by atoms with Crippen molar-refractivity contribution in [2.24, 2.45) is 0 Å². The Balaban J connectivity index is 1.66. The Morgan fingerprint density at radius 2 is 2.00 bits per heavy atom. The first kappa shape index (κ1) is 14.7. The molecule has 3 rings (SSSR count). The van der Waals surface area contributed by atoms with Crippen LogP contribution >= 0.6 is 10.7 Å². The summed E-state index contributed by atoms with van der Waals surface area (Å²) >= 11 is 0. The van der Waals surface area contributed by atoms with Crippen LogP contribution in [0, 0.1) is 0 Å². The molecule has 3 atom stereocenters. The highest BCUT2D eigenvalue weighted by molar-refractivity contribution is 8.14. The second-order valence-electron chi connectivity index (χ2n) is 5.50. The third-order valence-electron chi connectivity index (χ3n) is 4.26. The first-order chi connectivity index (χ1) is 9.97. The molecule has 2 bridgehead atoms. The molecule has 7 heteroatoms. The summed E-state index contributed by atoms with van der Waals surface area (Å²) in [5, 5.41) is -0.665. The smallest absolute Gasteiger partial charge is 0.410 e. The van der Waals surface area contributed by atoms with Gasteiger partial charge in [-0.3, -0.25) is 0 Å². The van der Waals surface area contributed by atoms with Gasteiger partial charge in [-0.15, -0.1) is 0 Å². The first-order valence-corrected chi connectivity index (χ1v) is 9.26. The van der Waals surface area contributed by atoms with E-state index in [9.17, 15) is 13.2 Å². The van der Waals surface area contributed by atoms with Gasteiger partial charge in [0.1, 0.15) is 6.61 Å². The van der Waals surface area contributed by atoms with E-state index in [2.05, 4.69) is 0 Å². The molecule has 2 aliphatic rings. The van der Waals surface area contributed by atoms with Gasteiger partial charge in [-0.25, -0.2) is 13.2 Å². The lowest BCUT2D eigenvalue weighted by atomic mass is 10.0. The molecule has 5 nitrogen and oxygen atoms in total. The standard InChI is InChI=1S/C14H16ClNO4S/c15-21(18,19)13-8-11-6-7-12(13)16(11)14(17)20-9-10-4-2-1-3-5-10/h1-5,11-13H,6-9H2/t11-,12-,13+/m0/s1. The molecule has 21 heavy (non-hydrogen) atoms. The summed E-state index contributed by atoms with van der Waals surface area (Å²) in [4.78, 5) is 13.8. The zero-order valence-electron chi connectivity index (χ0n) is 11.3. The molecule has 0 unspecified atom stereocenters. The second kappa shape index (κ2) is 5.50. The number of rotatable bonds is 3. The Morgan fingerprint density at radius 3 is 2.62 bits per heavy atom. The van der Waals surface area contributed by atoms with Crippen molar-refractivity contribution in [3.05, 3.63) is 35.9 Å². The largest absolute Gasteiger partial charge is 0.445 e. The van der Waals surface area contributed by atoms with E-state index in [1.54, 1.807) is 4.90 Å². The van der Waals surface area contributed by atoms with Crippen LogP contribution in [0.3, 0.4) is 0 Å². The molecule has 0 aliphatic carbocycles. The number of ether oxygens (including phenoxy) is 1. The molecular weight excluding hydrogens is 314 g/mol. The quantitative estimate of drug-likeness (QED) is 0.799. The molecule has 1 amide bonds. The molecule has 2 aliphatic heterocycles. The second-order valence-corrected chi connectivity index (χ2v) is 8.34. The lowest BCUT2D eigenvalue weighted by Gasteiger charge is -2.22. The van der Waals surface area contributed by atoms with Gasteiger partial charge in [-0.2, -0.15) is 0 Å². The molecule has 1 aromatic carbocycles. The van der Waals surface area contributed by atoms with Gasteiger partial charge in [0.25, 0.3) is 0 Å². The van der Waals surface area contributed by atoms with Crippen molar-refractivity contribution in [1.29, 1.82) is 0 Å². The SMILES string of the molecule is O=C(OCc1ccccc1)N1[C@H]2CC[C@H]1[C@H](S(=O)(=O)Cl)C2. The Morgan fingerprint density at radius 1 is 1.29 bits per heavy atom. The topological polar surface area (TPSA) is 63.7 Å². The number of nitrogens with zero attached hydrogens (tertiary/aromatic N) is 1. The van der Waals surface area contributed by atoms with Crippen molar-refractivity contribution in [3.8, 4) is 0 Å². The van der Waals surface area contributed by atoms with E-state index in [1.807, 2.05) is 30.3 Å². The van der Waals surface area contributed by atoms with Gasteiger partial charge in [0.05, 0.1) is 11.3 Å². The van der Waals surface area contributed by atoms with E-state index in [0.717, 1.165) is 12.0 Å². The van der Waals surface area contributed by atoms with Crippen molar-refractivity contribution in [2.45, 2.75) is 43.2 Å². The predicted molar refractivity (Wildman–Crippen MR) is 78.5 cm³/mol. The third kappa shape index (κ3) is 2.87. The normalized spacial score (nSPS) is 27.9. The lowest BCUT2D eigenvalue weighted by Crippen LogP contribution is -2.39. The maximum Gasteiger partial charge on any atom is 0.410 e. The highest BCUT2D eigenvalue weighted by Gasteiger charge is 2.53. The predicted octanol–water partition coefficient (Wildman–Crippen LogP) is 2.50. The van der Waals surface area contributed by atoms with Crippen LogP contribution in [0.15, 0.2) is 30.3 Å². The van der Waals surface area contributed by atoms with Gasteiger partial charge < -0.3 is 9.64 Å². The summed E-state index contributed by atoms with van der Waals surface area (Å²) in [6, 6.07) is 8.97. The molecule has 0 aromatic heterocycles. The number of benzene rings is 1. The van der Waals surface area contributed by atoms with Gasteiger partial charge in [0, 0.05) is 16.7 Å². The van der Waals surface area contributed by atoms with Crippen molar-refractivity contribution >= 4 is 25.8 Å². The van der Waals surface area contributed by atoms with Crippen molar-refractivity contribution in [3.63, 3.8) is 0 Å². The summed E-state index contributed by atoms with van der Waals surface area (Å²) in [6.45, 7) is 0.188. The summed E-state index contributed by atoms with van der Waals surface area (Å²) in [5.74, 6) is 0. The fourth-order valence-corrected chi connectivity index (χ4v) is 4.98. The van der Waals surface area contributed by atoms with Crippen LogP contribution in [0.1, 0.15) is 24.8 Å². The first-order valence-electron chi connectivity index (χ1n) is 6.89. The number of amides is 1. The molecule has 0 spiro atoms. The van der Waals surface area contributed by atoms with Crippen LogP contribution in [-0.2, 0) is 20.4 Å². The Kier molecular flexibility index (Phi) is 3.84. The minimum Gasteiger partial charge on any atom is -0.445 e. The van der Waals surface area contributed by atoms with Crippen LogP contribution in [0.4, 0.5) is 4.79 Å². The average molecular weight is 330 g/mol. The van der Waals surface area contributed by atoms with E-state index in [0.29, 0.717) is 12.8 Å². The summed E-state index contributed by atoms with van der Waals surface area (Å²) in [7, 11) is 1.83. The van der Waals surface area contributed by atoms with E-state index in [-0.39, 0.29) is 18.7 Å². The van der Waals surface area contributed by atoms with E-state index < -0.39 is 20.4 Å². The van der Waals surface area contributed by atoms with E-state index in [1.165, 1.54) is 0 Å². The average Bonchev–Trinajstić information content (AvgIpc) is 3.03. The van der Waals surface area contributed by atoms with Gasteiger partial charge in [-0.1, -0.05) is 30.3 Å². The monoisotopic (exact) mass is 329 g/mol. The van der Waals surface area contributed by atoms with E-state index >= 15 is 0 Å². The fraction of sp³-hybridized carbons (Fsp3) is 0.500. The number of carbonyl (C=O) groups is 1. The van der Waals surface area contributed by atoms with Crippen molar-refractivity contribution < 1.29 is 17.9 Å². The number of fused-ring (bicyclic) bond motifs is 2. The summed E-state index contributed by atoms with van der Waals surface area (Å²) < 4.78 is 28.4. The molecule has 0 radical (unpaired) electrons. The van der Waals surface area contributed by atoms with Crippen molar-refractivity contribution in [2.75, 3.05) is 0 Å². The highest BCUT2D eigenvalue weighted by Crippen LogP contribution is 2.42. The number of hydrogen-bond acceptors (Lipinski definition) is 4. The molecular formula is C14H16ClNO4S. The fourth-order valence-electron chi connectivity index (χ4n) is 3.31. The summed E-state index contributed by atoms with van der Waals surface area (Å²) in [6.07, 6.45) is 1.45. The maximum absolute atomic E-state index is 12.2. The highest BCUT2D eigenvalue weighted by atomic mass is 35.7. The van der Waals surface area contributed by atoms with Crippen LogP contribution in [0.5, 0.6) is 0 Å². The van der Waals surface area contributed by atoms with Crippen LogP contribution in [0.25, 0.3) is 0 Å². The Bertz CT molecular complexity index is 634. The number of carbonyl (C=O) groups excluding carboxylic acids is 1. The molecule has 2 heterocycles. The zero-order valence-corrected chi connectivity index (χ0v) is 12.9. The molecule has 0 N–H and O–H groups in total. The van der Waals surface area contributed by atoms with Gasteiger partial charge in [0.15, 0.2) is 0 Å². The minimum absolute atomic E-state index is 0.0724. The minimum atomic E-state index is -3.64. The van der Waals surface area contributed by atoms with E-state index in [4.69, 9.17) is 15.4 Å². The van der Waals surface area contributed by atoms with Gasteiger partial charge in [0.2, 0.25) is 9.05 Å². The molecule has 0 saturated carbocycles. The molecule has 1 aromatic rings. The van der Waals surface area contributed by atoms with Crippen molar-refractivity contribution in [1.82, 2.24) is 4.90 Å². The Labute approximate surface area is 128 Å². The number of halogens is 1. The number of hydrogen-bond donors (Lipinski definition) is 0. The van der Waals surface area contributed by atoms with Crippen LogP contribution in [-0.4, -0.2) is 36.7 Å². The maximum atomic E-state index is 12.2. The third-order valence-corrected chi connectivity index (χ3v) is 6.17. The van der Waals surface area contributed by atoms with Crippen LogP contribution < -0.4 is 0 Å². The zero-order chi connectivity index (χ0) is 15.0. The van der Waals surface area contributed by atoms with Crippen LogP contribution in [0.2, 0.25) is 0 Å². The Hall–Kier alpha value is -1.27.